The normalized spacial score (nSPS) is 20.8. The highest BCUT2D eigenvalue weighted by Crippen LogP contribution is 2.45. The predicted octanol–water partition coefficient (Wildman–Crippen LogP) is 0.737. The Bertz CT molecular complexity index is 281. The molecule has 1 rings (SSSR count). The Morgan fingerprint density at radius 1 is 1.57 bits per heavy atom. The second-order valence-electron chi connectivity index (χ2n) is 5.01. The Labute approximate surface area is 84.5 Å². The molecule has 0 radical (unpaired) electrons. The molecule has 1 unspecified atom stereocenters. The highest BCUT2D eigenvalue weighted by atomic mass is 16.2. The van der Waals surface area contributed by atoms with E-state index in [1.165, 1.54) is 0 Å². The van der Waals surface area contributed by atoms with Gasteiger partial charge in [-0.2, -0.15) is 5.26 Å². The summed E-state index contributed by atoms with van der Waals surface area (Å²) in [7, 11) is 0. The Hall–Kier alpha value is -1.08. The third-order valence-corrected chi connectivity index (χ3v) is 2.62. The fraction of sp³-hybridized carbons (Fsp3) is 0.800. The Morgan fingerprint density at radius 2 is 2.07 bits per heavy atom. The number of nitrogens with one attached hydrogen (secondary N) is 1. The minimum absolute atomic E-state index is 0.179. The molecule has 78 valence electrons. The number of hydrogen-bond donors (Lipinski definition) is 2. The van der Waals surface area contributed by atoms with Gasteiger partial charge in [-0.15, -0.1) is 0 Å². The highest BCUT2D eigenvalue weighted by Gasteiger charge is 2.51. The number of carbonyl (C=O) groups excluding carboxylic acids is 1. The third-order valence-electron chi connectivity index (χ3n) is 2.62. The first-order chi connectivity index (χ1) is 6.32. The molecule has 4 heteroatoms. The van der Waals surface area contributed by atoms with Crippen molar-refractivity contribution in [2.45, 2.75) is 39.8 Å². The van der Waals surface area contributed by atoms with Crippen LogP contribution in [0.5, 0.6) is 0 Å². The van der Waals surface area contributed by atoms with Gasteiger partial charge in [0.1, 0.15) is 5.41 Å². The quantitative estimate of drug-likeness (QED) is 0.638. The summed E-state index contributed by atoms with van der Waals surface area (Å²) in [6.07, 6.45) is 0.916. The summed E-state index contributed by atoms with van der Waals surface area (Å²) in [5.74, 6) is -0.220. The first-order valence-electron chi connectivity index (χ1n) is 4.80. The van der Waals surface area contributed by atoms with Crippen molar-refractivity contribution in [2.75, 3.05) is 0 Å². The van der Waals surface area contributed by atoms with Gasteiger partial charge in [0.05, 0.1) is 12.2 Å². The van der Waals surface area contributed by atoms with Crippen LogP contribution >= 0.6 is 0 Å². The van der Waals surface area contributed by atoms with Crippen molar-refractivity contribution in [3.63, 3.8) is 0 Å². The van der Waals surface area contributed by atoms with Crippen LogP contribution in [0.15, 0.2) is 0 Å². The molecule has 0 aliphatic heterocycles. The first-order valence-corrected chi connectivity index (χ1v) is 4.80. The van der Waals surface area contributed by atoms with Crippen LogP contribution in [0.4, 0.5) is 0 Å². The van der Waals surface area contributed by atoms with Gasteiger partial charge in [-0.3, -0.25) is 4.79 Å². The molecule has 3 N–H and O–H groups in total. The van der Waals surface area contributed by atoms with Crippen LogP contribution in [-0.4, -0.2) is 12.1 Å². The third kappa shape index (κ3) is 2.05. The summed E-state index contributed by atoms with van der Waals surface area (Å²) < 4.78 is 0. The van der Waals surface area contributed by atoms with Crippen molar-refractivity contribution >= 4 is 5.91 Å². The average molecular weight is 195 g/mol. The molecule has 1 atom stereocenters. The van der Waals surface area contributed by atoms with Gasteiger partial charge in [0.2, 0.25) is 5.91 Å². The molecular formula is C10H17N3O. The maximum absolute atomic E-state index is 11.6. The zero-order chi connectivity index (χ0) is 11.0. The zero-order valence-electron chi connectivity index (χ0n) is 8.92. The van der Waals surface area contributed by atoms with Crippen LogP contribution in [0.1, 0.15) is 33.6 Å². The fourth-order valence-corrected chi connectivity index (χ4v) is 1.01. The summed E-state index contributed by atoms with van der Waals surface area (Å²) in [5.41, 5.74) is 4.84. The van der Waals surface area contributed by atoms with E-state index in [2.05, 4.69) is 5.32 Å². The van der Waals surface area contributed by atoms with E-state index in [1.807, 2.05) is 26.8 Å². The summed E-state index contributed by atoms with van der Waals surface area (Å²) in [4.78, 5) is 11.6. The number of carbonyl (C=O) groups is 1. The highest BCUT2D eigenvalue weighted by molar-refractivity contribution is 5.88. The smallest absolute Gasteiger partial charge is 0.241 e. The van der Waals surface area contributed by atoms with Crippen LogP contribution in [0.3, 0.4) is 0 Å². The second-order valence-corrected chi connectivity index (χ2v) is 5.01. The van der Waals surface area contributed by atoms with Gasteiger partial charge in [0, 0.05) is 0 Å². The van der Waals surface area contributed by atoms with Gasteiger partial charge in [0.15, 0.2) is 0 Å². The van der Waals surface area contributed by atoms with Crippen LogP contribution in [0.25, 0.3) is 0 Å². The maximum Gasteiger partial charge on any atom is 0.241 e. The molecule has 0 aromatic carbocycles. The van der Waals surface area contributed by atoms with E-state index < -0.39 is 11.6 Å². The number of nitrogens with zero attached hydrogens (tertiary/aromatic N) is 1. The molecule has 0 aromatic rings. The lowest BCUT2D eigenvalue weighted by Gasteiger charge is -2.28. The lowest BCUT2D eigenvalue weighted by atomic mass is 9.92. The van der Waals surface area contributed by atoms with E-state index >= 15 is 0 Å². The summed E-state index contributed by atoms with van der Waals surface area (Å²) in [6, 6.07) is 2.04. The van der Waals surface area contributed by atoms with Gasteiger partial charge in [-0.05, 0) is 18.3 Å². The largest absolute Gasteiger partial charge is 0.339 e. The average Bonchev–Trinajstić information content (AvgIpc) is 2.82. The van der Waals surface area contributed by atoms with Gasteiger partial charge < -0.3 is 11.1 Å². The van der Waals surface area contributed by atoms with Gasteiger partial charge in [-0.25, -0.2) is 0 Å². The minimum atomic E-state index is -0.775. The van der Waals surface area contributed by atoms with E-state index in [0.29, 0.717) is 12.8 Å². The fourth-order valence-electron chi connectivity index (χ4n) is 1.01. The van der Waals surface area contributed by atoms with Crippen LogP contribution in [0, 0.1) is 22.2 Å². The first kappa shape index (κ1) is 11.0. The Morgan fingerprint density at radius 3 is 2.36 bits per heavy atom. The zero-order valence-corrected chi connectivity index (χ0v) is 8.92. The second kappa shape index (κ2) is 3.25. The molecule has 1 aliphatic carbocycles. The Balaban J connectivity index is 2.55. The van der Waals surface area contributed by atoms with Crippen molar-refractivity contribution in [1.29, 1.82) is 5.26 Å². The number of amides is 1. The summed E-state index contributed by atoms with van der Waals surface area (Å²) in [5, 5.41) is 11.5. The van der Waals surface area contributed by atoms with Gasteiger partial charge in [-0.1, -0.05) is 20.8 Å². The lowest BCUT2D eigenvalue weighted by molar-refractivity contribution is -0.125. The molecule has 0 saturated heterocycles. The van der Waals surface area contributed by atoms with Crippen molar-refractivity contribution in [2.24, 2.45) is 16.6 Å². The molecule has 0 spiro atoms. The molecule has 0 bridgehead atoms. The summed E-state index contributed by atoms with van der Waals surface area (Å²) >= 11 is 0. The van der Waals surface area contributed by atoms with E-state index in [0.717, 1.165) is 0 Å². The monoisotopic (exact) mass is 195 g/mol. The maximum atomic E-state index is 11.6. The molecule has 0 heterocycles. The lowest BCUT2D eigenvalue weighted by Crippen LogP contribution is -2.52. The molecule has 1 fully saturated rings. The Kier molecular flexibility index (Phi) is 2.55. The van der Waals surface area contributed by atoms with Gasteiger partial charge >= 0.3 is 0 Å². The molecule has 1 aliphatic rings. The van der Waals surface area contributed by atoms with E-state index in [9.17, 15) is 4.79 Å². The topological polar surface area (TPSA) is 78.9 Å². The number of nitrogens with two attached hydrogens (primary N) is 1. The summed E-state index contributed by atoms with van der Waals surface area (Å²) in [6.45, 7) is 5.84. The van der Waals surface area contributed by atoms with Crippen LogP contribution in [0.2, 0.25) is 0 Å². The number of nitriles is 1. The predicted molar refractivity (Wildman–Crippen MR) is 52.9 cm³/mol. The SMILES string of the molecule is CC(C)(C)C(N)NC(=O)C1(C#N)CC1. The van der Waals surface area contributed by atoms with E-state index in [4.69, 9.17) is 11.0 Å². The standard InChI is InChI=1S/C10H17N3O/c1-9(2,3)7(12)13-8(14)10(6-11)4-5-10/h7H,4-5,12H2,1-3H3,(H,13,14). The van der Waals surface area contributed by atoms with Crippen molar-refractivity contribution < 1.29 is 4.79 Å². The molecule has 4 nitrogen and oxygen atoms in total. The van der Waals surface area contributed by atoms with Gasteiger partial charge in [0.25, 0.3) is 0 Å². The molecule has 14 heavy (non-hydrogen) atoms. The molecule has 1 amide bonds. The van der Waals surface area contributed by atoms with Crippen LogP contribution in [-0.2, 0) is 4.79 Å². The van der Waals surface area contributed by atoms with Crippen molar-refractivity contribution in [3.8, 4) is 6.07 Å². The van der Waals surface area contributed by atoms with E-state index in [-0.39, 0.29) is 11.3 Å². The van der Waals surface area contributed by atoms with Crippen LogP contribution < -0.4 is 11.1 Å². The number of hydrogen-bond acceptors (Lipinski definition) is 3. The molecule has 0 aromatic heterocycles. The molecular weight excluding hydrogens is 178 g/mol. The van der Waals surface area contributed by atoms with Crippen molar-refractivity contribution in [3.05, 3.63) is 0 Å². The van der Waals surface area contributed by atoms with Crippen molar-refractivity contribution in [1.82, 2.24) is 5.32 Å². The molecule has 1 saturated carbocycles. The van der Waals surface area contributed by atoms with E-state index in [1.54, 1.807) is 0 Å². The number of rotatable bonds is 2. The minimum Gasteiger partial charge on any atom is -0.339 e.